The molecule has 0 N–H and O–H groups in total. The van der Waals surface area contributed by atoms with Crippen molar-refractivity contribution in [3.8, 4) is 22.7 Å². The summed E-state index contributed by atoms with van der Waals surface area (Å²) >= 11 is 0. The first-order valence-corrected chi connectivity index (χ1v) is 12.2. The minimum atomic E-state index is -0.560. The Kier molecular flexibility index (Phi) is 5.61. The number of rotatable bonds is 4. The molecule has 0 saturated heterocycles. The van der Waals surface area contributed by atoms with Gasteiger partial charge in [0.15, 0.2) is 5.65 Å². The van der Waals surface area contributed by atoms with Crippen molar-refractivity contribution < 1.29 is 13.9 Å². The monoisotopic (exact) mass is 501 g/mol. The smallest absolute Gasteiger partial charge is 0.344 e. The highest BCUT2D eigenvalue weighted by Gasteiger charge is 2.22. The number of pyridine rings is 1. The summed E-state index contributed by atoms with van der Waals surface area (Å²) in [5.74, 6) is -0.290. The van der Waals surface area contributed by atoms with Gasteiger partial charge in [-0.3, -0.25) is 0 Å². The number of esters is 1. The van der Waals surface area contributed by atoms with E-state index in [1.807, 2.05) is 75.4 Å². The number of hydrogen-bond donors (Lipinski definition) is 0. The molecular formula is C31H23N3O4. The SMILES string of the molecule is Cc1ccc(-n2nc(C)c3c(C(=O)Oc4ccc5c(C)cc(=O)oc5c4)cc(-c4ccccc4)nc32)cc1. The summed E-state index contributed by atoms with van der Waals surface area (Å²) in [6, 6.07) is 25.8. The van der Waals surface area contributed by atoms with Gasteiger partial charge in [-0.2, -0.15) is 5.10 Å². The number of carbonyl (C=O) groups is 1. The van der Waals surface area contributed by atoms with E-state index >= 15 is 0 Å². The van der Waals surface area contributed by atoms with Crippen LogP contribution in [0.25, 0.3) is 38.9 Å². The van der Waals surface area contributed by atoms with E-state index in [-0.39, 0.29) is 5.75 Å². The molecule has 0 aliphatic rings. The fourth-order valence-electron chi connectivity index (χ4n) is 4.60. The Morgan fingerprint density at radius 1 is 0.895 bits per heavy atom. The maximum atomic E-state index is 13.6. The summed E-state index contributed by atoms with van der Waals surface area (Å²) < 4.78 is 12.9. The molecule has 0 bridgehead atoms. The van der Waals surface area contributed by atoms with E-state index in [1.165, 1.54) is 6.07 Å². The minimum absolute atomic E-state index is 0.269. The Bertz CT molecular complexity index is 1900. The zero-order chi connectivity index (χ0) is 26.4. The molecule has 0 amide bonds. The van der Waals surface area contributed by atoms with Crippen LogP contribution in [0.15, 0.2) is 94.1 Å². The van der Waals surface area contributed by atoms with Crippen LogP contribution < -0.4 is 10.4 Å². The number of carbonyl (C=O) groups excluding carboxylic acids is 1. The third-order valence-corrected chi connectivity index (χ3v) is 6.51. The van der Waals surface area contributed by atoms with Gasteiger partial charge in [0.05, 0.1) is 28.0 Å². The van der Waals surface area contributed by atoms with Crippen LogP contribution in [0.5, 0.6) is 5.75 Å². The largest absolute Gasteiger partial charge is 0.423 e. The molecule has 38 heavy (non-hydrogen) atoms. The van der Waals surface area contributed by atoms with Gasteiger partial charge in [0, 0.05) is 23.1 Å². The maximum absolute atomic E-state index is 13.6. The van der Waals surface area contributed by atoms with E-state index in [0.29, 0.717) is 33.6 Å². The van der Waals surface area contributed by atoms with Crippen LogP contribution in [0.2, 0.25) is 0 Å². The van der Waals surface area contributed by atoms with Crippen LogP contribution in [0, 0.1) is 20.8 Å². The topological polar surface area (TPSA) is 87.2 Å². The van der Waals surface area contributed by atoms with Crippen LogP contribution in [-0.2, 0) is 0 Å². The zero-order valence-corrected chi connectivity index (χ0v) is 21.1. The minimum Gasteiger partial charge on any atom is -0.423 e. The molecule has 6 rings (SSSR count). The molecule has 0 fully saturated rings. The number of fused-ring (bicyclic) bond motifs is 2. The molecule has 6 aromatic rings. The third-order valence-electron chi connectivity index (χ3n) is 6.51. The number of hydrogen-bond acceptors (Lipinski definition) is 6. The van der Waals surface area contributed by atoms with Crippen molar-refractivity contribution in [1.29, 1.82) is 0 Å². The van der Waals surface area contributed by atoms with E-state index in [9.17, 15) is 9.59 Å². The van der Waals surface area contributed by atoms with Gasteiger partial charge in [-0.25, -0.2) is 19.3 Å². The molecule has 0 aliphatic carbocycles. The molecule has 3 heterocycles. The van der Waals surface area contributed by atoms with Crippen molar-refractivity contribution >= 4 is 28.0 Å². The summed E-state index contributed by atoms with van der Waals surface area (Å²) in [7, 11) is 0. The predicted molar refractivity (Wildman–Crippen MR) is 146 cm³/mol. The lowest BCUT2D eigenvalue weighted by molar-refractivity contribution is 0.0737. The Morgan fingerprint density at radius 2 is 1.66 bits per heavy atom. The van der Waals surface area contributed by atoms with Gasteiger partial charge < -0.3 is 9.15 Å². The zero-order valence-electron chi connectivity index (χ0n) is 21.1. The summed E-state index contributed by atoms with van der Waals surface area (Å²) in [6.07, 6.45) is 0. The average Bonchev–Trinajstić information content (AvgIpc) is 3.25. The van der Waals surface area contributed by atoms with Gasteiger partial charge in [0.25, 0.3) is 0 Å². The normalized spacial score (nSPS) is 11.2. The fraction of sp³-hybridized carbons (Fsp3) is 0.0968. The van der Waals surface area contributed by atoms with E-state index in [4.69, 9.17) is 19.2 Å². The van der Waals surface area contributed by atoms with Crippen LogP contribution >= 0.6 is 0 Å². The number of ether oxygens (including phenoxy) is 1. The van der Waals surface area contributed by atoms with Gasteiger partial charge in [0.1, 0.15) is 11.3 Å². The molecule has 7 heteroatoms. The van der Waals surface area contributed by atoms with Crippen molar-refractivity contribution in [3.63, 3.8) is 0 Å². The van der Waals surface area contributed by atoms with E-state index in [2.05, 4.69) is 0 Å². The van der Waals surface area contributed by atoms with E-state index in [0.717, 1.165) is 27.8 Å². The highest BCUT2D eigenvalue weighted by molar-refractivity contribution is 6.06. The molecule has 3 aromatic heterocycles. The van der Waals surface area contributed by atoms with Crippen LogP contribution in [-0.4, -0.2) is 20.7 Å². The number of aromatic nitrogens is 3. The summed E-state index contributed by atoms with van der Waals surface area (Å²) in [5.41, 5.74) is 5.69. The summed E-state index contributed by atoms with van der Waals surface area (Å²) in [6.45, 7) is 5.70. The first-order valence-electron chi connectivity index (χ1n) is 12.2. The van der Waals surface area contributed by atoms with Gasteiger partial charge >= 0.3 is 11.6 Å². The van der Waals surface area contributed by atoms with Crippen molar-refractivity contribution in [3.05, 3.63) is 118 Å². The lowest BCUT2D eigenvalue weighted by Gasteiger charge is -2.10. The predicted octanol–water partition coefficient (Wildman–Crippen LogP) is 6.34. The van der Waals surface area contributed by atoms with Crippen molar-refractivity contribution in [2.24, 2.45) is 0 Å². The molecule has 0 atom stereocenters. The molecule has 0 aliphatic heterocycles. The van der Waals surface area contributed by atoms with Gasteiger partial charge in [-0.15, -0.1) is 0 Å². The molecular weight excluding hydrogens is 478 g/mol. The van der Waals surface area contributed by atoms with Crippen molar-refractivity contribution in [1.82, 2.24) is 14.8 Å². The van der Waals surface area contributed by atoms with Gasteiger partial charge in [0.2, 0.25) is 0 Å². The Hall–Kier alpha value is -5.04. The van der Waals surface area contributed by atoms with Crippen molar-refractivity contribution in [2.75, 3.05) is 0 Å². The van der Waals surface area contributed by atoms with E-state index in [1.54, 1.807) is 28.9 Å². The molecule has 7 nitrogen and oxygen atoms in total. The lowest BCUT2D eigenvalue weighted by atomic mass is 10.1. The molecule has 3 aromatic carbocycles. The van der Waals surface area contributed by atoms with Gasteiger partial charge in [-0.05, 0) is 56.7 Å². The molecule has 0 unspecified atom stereocenters. The van der Waals surface area contributed by atoms with Gasteiger partial charge in [-0.1, -0.05) is 48.0 Å². The molecule has 0 radical (unpaired) electrons. The van der Waals surface area contributed by atoms with Crippen LogP contribution in [0.4, 0.5) is 0 Å². The summed E-state index contributed by atoms with van der Waals surface area (Å²) in [5, 5.41) is 6.12. The number of aryl methyl sites for hydroxylation is 3. The second kappa shape index (κ2) is 9.12. The third kappa shape index (κ3) is 4.14. The molecule has 186 valence electrons. The first kappa shape index (κ1) is 23.4. The maximum Gasteiger partial charge on any atom is 0.344 e. The second-order valence-electron chi connectivity index (χ2n) is 9.25. The Labute approximate surface area is 217 Å². The number of nitrogens with zero attached hydrogens (tertiary/aromatic N) is 3. The molecule has 0 saturated carbocycles. The lowest BCUT2D eigenvalue weighted by Crippen LogP contribution is -2.11. The van der Waals surface area contributed by atoms with E-state index < -0.39 is 11.6 Å². The number of benzene rings is 3. The quantitative estimate of drug-likeness (QED) is 0.159. The average molecular weight is 502 g/mol. The fourth-order valence-corrected chi connectivity index (χ4v) is 4.60. The highest BCUT2D eigenvalue weighted by atomic mass is 16.5. The van der Waals surface area contributed by atoms with Crippen LogP contribution in [0.3, 0.4) is 0 Å². The standard InChI is InChI=1S/C31H23N3O4/c1-18-9-11-22(12-10-18)34-30-29(20(3)33-34)25(17-26(32-30)21-7-5-4-6-8-21)31(36)37-23-13-14-24-19(2)15-28(35)38-27(24)16-23/h4-17H,1-3H3. The van der Waals surface area contributed by atoms with Crippen molar-refractivity contribution in [2.45, 2.75) is 20.8 Å². The Balaban J connectivity index is 1.51. The Morgan fingerprint density at radius 3 is 2.42 bits per heavy atom. The molecule has 0 spiro atoms. The van der Waals surface area contributed by atoms with Crippen LogP contribution in [0.1, 0.15) is 27.2 Å². The second-order valence-corrected chi connectivity index (χ2v) is 9.25. The first-order chi connectivity index (χ1) is 18.4. The highest BCUT2D eigenvalue weighted by Crippen LogP contribution is 2.30. The summed E-state index contributed by atoms with van der Waals surface area (Å²) in [4.78, 5) is 30.4.